The molecule has 1 aliphatic heterocycles. The fourth-order valence-corrected chi connectivity index (χ4v) is 4.02. The number of nitrogens with two attached hydrogens (primary N) is 1. The summed E-state index contributed by atoms with van der Waals surface area (Å²) >= 11 is 0. The van der Waals surface area contributed by atoms with Crippen LogP contribution in [0.3, 0.4) is 0 Å². The summed E-state index contributed by atoms with van der Waals surface area (Å²) in [5.41, 5.74) is 5.76. The predicted octanol–water partition coefficient (Wildman–Crippen LogP) is 4.96. The number of hydrogen-bond acceptors (Lipinski definition) is 7. The van der Waals surface area contributed by atoms with Crippen LogP contribution in [-0.4, -0.2) is 69.1 Å². The van der Waals surface area contributed by atoms with Crippen LogP contribution in [0, 0.1) is 5.82 Å². The number of anilines is 2. The Morgan fingerprint density at radius 1 is 1.23 bits per heavy atom. The van der Waals surface area contributed by atoms with Crippen LogP contribution in [0.2, 0.25) is 0 Å². The third-order valence-corrected chi connectivity index (χ3v) is 5.94. The Hall–Kier alpha value is -3.50. The molecule has 8 nitrogen and oxygen atoms in total. The van der Waals surface area contributed by atoms with Gasteiger partial charge in [-0.15, -0.1) is 0 Å². The average Bonchev–Trinajstić information content (AvgIpc) is 2.88. The molecule has 0 aromatic heterocycles. The van der Waals surface area contributed by atoms with E-state index in [-0.39, 0.29) is 6.41 Å². The van der Waals surface area contributed by atoms with Crippen LogP contribution in [0.4, 0.5) is 25.8 Å². The SMILES string of the molecule is C=C(Nc1ccc(NCCC(C)(C)F)cc1)c1c(F)cc(OCCCN2CCNCC2)cc1N=CC.NC=O. The van der Waals surface area contributed by atoms with Crippen molar-refractivity contribution in [2.45, 2.75) is 39.3 Å². The van der Waals surface area contributed by atoms with Gasteiger partial charge in [0.15, 0.2) is 0 Å². The molecule has 1 amide bonds. The maximum atomic E-state index is 15.2. The minimum atomic E-state index is -1.21. The Kier molecular flexibility index (Phi) is 13.4. The van der Waals surface area contributed by atoms with E-state index in [4.69, 9.17) is 9.53 Å². The van der Waals surface area contributed by atoms with Crippen LogP contribution >= 0.6 is 0 Å². The van der Waals surface area contributed by atoms with E-state index in [9.17, 15) is 4.39 Å². The van der Waals surface area contributed by atoms with Gasteiger partial charge in [-0.2, -0.15) is 0 Å². The van der Waals surface area contributed by atoms with Crippen molar-refractivity contribution in [1.82, 2.24) is 10.2 Å². The number of piperazine rings is 1. The van der Waals surface area contributed by atoms with Crippen LogP contribution in [0.25, 0.3) is 5.70 Å². The summed E-state index contributed by atoms with van der Waals surface area (Å²) < 4.78 is 34.7. The summed E-state index contributed by atoms with van der Waals surface area (Å²) in [6, 6.07) is 10.6. The summed E-state index contributed by atoms with van der Waals surface area (Å²) in [6.45, 7) is 15.1. The van der Waals surface area contributed by atoms with Gasteiger partial charge in [0.25, 0.3) is 0 Å². The molecule has 0 spiro atoms. The normalized spacial score (nSPS) is 13.9. The molecular weight excluding hydrogens is 502 g/mol. The molecule has 0 atom stereocenters. The van der Waals surface area contributed by atoms with Crippen LogP contribution in [0.5, 0.6) is 5.75 Å². The molecule has 10 heteroatoms. The molecule has 0 saturated carbocycles. The molecule has 3 rings (SSSR count). The lowest BCUT2D eigenvalue weighted by molar-refractivity contribution is -0.106. The van der Waals surface area contributed by atoms with Crippen molar-refractivity contribution in [3.63, 3.8) is 0 Å². The number of carbonyl (C=O) groups excluding carboxylic acids is 1. The van der Waals surface area contributed by atoms with Crippen LogP contribution in [0.1, 0.15) is 39.2 Å². The number of primary amides is 1. The third kappa shape index (κ3) is 11.8. The van der Waals surface area contributed by atoms with Gasteiger partial charge in [0.1, 0.15) is 17.2 Å². The predicted molar refractivity (Wildman–Crippen MR) is 157 cm³/mol. The standard InChI is InChI=1S/C28H39F2N5O.CH3NO/c1-5-32-26-20-24(36-18-6-15-35-16-13-31-14-17-35)19-25(29)27(26)21(2)34-23-9-7-22(8-10-23)33-12-11-28(3,4)30;2-1-3/h5,7-10,19-20,31,33-34H,2,6,11-18H2,1,3-4H3;1H,(H2,2,3). The minimum absolute atomic E-state index is 0.250. The number of nitrogens with zero attached hydrogens (tertiary/aromatic N) is 2. The number of carbonyl (C=O) groups is 1. The van der Waals surface area contributed by atoms with Crippen LogP contribution in [-0.2, 0) is 4.79 Å². The Morgan fingerprint density at radius 3 is 2.49 bits per heavy atom. The number of rotatable bonds is 13. The highest BCUT2D eigenvalue weighted by Crippen LogP contribution is 2.33. The molecule has 1 fully saturated rings. The van der Waals surface area contributed by atoms with Gasteiger partial charge in [0.05, 0.1) is 17.9 Å². The van der Waals surface area contributed by atoms with Gasteiger partial charge in [0.2, 0.25) is 6.41 Å². The van der Waals surface area contributed by atoms with E-state index in [1.165, 1.54) is 6.07 Å². The number of hydrogen-bond donors (Lipinski definition) is 4. The molecule has 39 heavy (non-hydrogen) atoms. The lowest BCUT2D eigenvalue weighted by Crippen LogP contribution is -2.43. The van der Waals surface area contributed by atoms with E-state index in [1.54, 1.807) is 33.1 Å². The minimum Gasteiger partial charge on any atom is -0.493 e. The van der Waals surface area contributed by atoms with E-state index in [0.29, 0.717) is 42.3 Å². The largest absolute Gasteiger partial charge is 0.493 e. The third-order valence-electron chi connectivity index (χ3n) is 5.94. The van der Waals surface area contributed by atoms with E-state index < -0.39 is 11.5 Å². The first kappa shape index (κ1) is 31.7. The van der Waals surface area contributed by atoms with Gasteiger partial charge in [-0.05, 0) is 57.9 Å². The Bertz CT molecular complexity index is 1060. The number of aliphatic imine (C=N–C) groups is 1. The topological polar surface area (TPSA) is 104 Å². The quantitative estimate of drug-likeness (QED) is 0.162. The van der Waals surface area contributed by atoms with Gasteiger partial charge >= 0.3 is 0 Å². The second-order valence-corrected chi connectivity index (χ2v) is 9.69. The molecule has 0 radical (unpaired) electrons. The fourth-order valence-electron chi connectivity index (χ4n) is 4.02. The molecule has 0 bridgehead atoms. The highest BCUT2D eigenvalue weighted by molar-refractivity contribution is 5.83. The number of amides is 1. The molecule has 2 aromatic rings. The van der Waals surface area contributed by atoms with Crippen molar-refractivity contribution in [3.05, 3.63) is 54.4 Å². The summed E-state index contributed by atoms with van der Waals surface area (Å²) in [7, 11) is 0. The molecule has 1 saturated heterocycles. The summed E-state index contributed by atoms with van der Waals surface area (Å²) in [5, 5.41) is 9.72. The van der Waals surface area contributed by atoms with Gasteiger partial charge in [-0.3, -0.25) is 9.79 Å². The summed E-state index contributed by atoms with van der Waals surface area (Å²) in [5.74, 6) is 0.0108. The van der Waals surface area contributed by atoms with Gasteiger partial charge in [-0.25, -0.2) is 8.78 Å². The average molecular weight is 545 g/mol. The molecular formula is C29H42F2N6O2. The molecule has 1 aliphatic rings. The Balaban J connectivity index is 0.00000170. The van der Waals surface area contributed by atoms with E-state index in [2.05, 4.69) is 38.2 Å². The van der Waals surface area contributed by atoms with E-state index >= 15 is 4.39 Å². The maximum absolute atomic E-state index is 15.2. The molecule has 0 unspecified atom stereocenters. The number of alkyl halides is 1. The fraction of sp³-hybridized carbons (Fsp3) is 0.448. The molecule has 2 aromatic carbocycles. The number of ether oxygens (including phenoxy) is 1. The van der Waals surface area contributed by atoms with Crippen molar-refractivity contribution in [2.24, 2.45) is 10.7 Å². The van der Waals surface area contributed by atoms with Crippen molar-refractivity contribution in [2.75, 3.05) is 56.5 Å². The van der Waals surface area contributed by atoms with Gasteiger partial charge < -0.3 is 31.3 Å². The lowest BCUT2D eigenvalue weighted by Gasteiger charge is -2.27. The smallest absolute Gasteiger partial charge is 0.204 e. The highest BCUT2D eigenvalue weighted by atomic mass is 19.1. The summed E-state index contributed by atoms with van der Waals surface area (Å²) in [6.07, 6.45) is 3.17. The molecule has 5 N–H and O–H groups in total. The van der Waals surface area contributed by atoms with E-state index in [0.717, 1.165) is 50.5 Å². The van der Waals surface area contributed by atoms with Crippen molar-refractivity contribution in [3.8, 4) is 5.75 Å². The maximum Gasteiger partial charge on any atom is 0.204 e. The Labute approximate surface area is 230 Å². The molecule has 1 heterocycles. The zero-order valence-corrected chi connectivity index (χ0v) is 23.2. The second kappa shape index (κ2) is 16.5. The van der Waals surface area contributed by atoms with Crippen molar-refractivity contribution < 1.29 is 18.3 Å². The number of nitrogens with one attached hydrogen (secondary N) is 3. The first-order chi connectivity index (χ1) is 18.7. The van der Waals surface area contributed by atoms with Crippen LogP contribution in [0.15, 0.2) is 48.0 Å². The molecule has 214 valence electrons. The van der Waals surface area contributed by atoms with Crippen molar-refractivity contribution in [1.29, 1.82) is 0 Å². The molecule has 0 aliphatic carbocycles. The van der Waals surface area contributed by atoms with Gasteiger partial charge in [-0.1, -0.05) is 6.58 Å². The lowest BCUT2D eigenvalue weighted by atomic mass is 10.1. The van der Waals surface area contributed by atoms with Crippen molar-refractivity contribution >= 4 is 35.4 Å². The Morgan fingerprint density at radius 2 is 1.87 bits per heavy atom. The monoisotopic (exact) mass is 544 g/mol. The summed E-state index contributed by atoms with van der Waals surface area (Å²) in [4.78, 5) is 15.3. The van der Waals surface area contributed by atoms with Gasteiger partial charge in [0, 0.05) is 74.7 Å². The number of benzene rings is 2. The van der Waals surface area contributed by atoms with E-state index in [1.807, 2.05) is 24.3 Å². The highest BCUT2D eigenvalue weighted by Gasteiger charge is 2.16. The van der Waals surface area contributed by atoms with Crippen LogP contribution < -0.4 is 26.4 Å². The first-order valence-corrected chi connectivity index (χ1v) is 13.2. The zero-order chi connectivity index (χ0) is 28.7. The number of halogens is 2. The zero-order valence-electron chi connectivity index (χ0n) is 23.2. The first-order valence-electron chi connectivity index (χ1n) is 13.2. The second-order valence-electron chi connectivity index (χ2n) is 9.69.